The van der Waals surface area contributed by atoms with E-state index in [0.717, 1.165) is 5.56 Å². The molecule has 0 saturated heterocycles. The molecule has 0 atom stereocenters. The molecule has 106 valence electrons. The van der Waals surface area contributed by atoms with Crippen molar-refractivity contribution >= 4 is 11.6 Å². The number of aryl methyl sites for hydroxylation is 1. The van der Waals surface area contributed by atoms with E-state index in [4.69, 9.17) is 5.73 Å². The Balaban J connectivity index is 2.27. The lowest BCUT2D eigenvalue weighted by atomic mass is 10.1. The van der Waals surface area contributed by atoms with Gasteiger partial charge in [-0.2, -0.15) is 0 Å². The summed E-state index contributed by atoms with van der Waals surface area (Å²) >= 11 is 0. The summed E-state index contributed by atoms with van der Waals surface area (Å²) in [5.74, 6) is 0.417. The van der Waals surface area contributed by atoms with E-state index in [1.807, 2.05) is 25.1 Å². The first-order chi connectivity index (χ1) is 9.41. The van der Waals surface area contributed by atoms with E-state index in [1.54, 1.807) is 24.6 Å². The number of carbonyl (C=O) groups is 1. The van der Waals surface area contributed by atoms with Crippen molar-refractivity contribution in [3.05, 3.63) is 24.3 Å². The van der Waals surface area contributed by atoms with E-state index in [9.17, 15) is 4.79 Å². The molecule has 0 fully saturated rings. The van der Waals surface area contributed by atoms with Crippen LogP contribution in [0, 0.1) is 0 Å². The van der Waals surface area contributed by atoms with Crippen LogP contribution < -0.4 is 11.1 Å². The summed E-state index contributed by atoms with van der Waals surface area (Å²) in [6, 6.07) is 7.35. The molecule has 1 amide bonds. The minimum atomic E-state index is -0.930. The third-order valence-corrected chi connectivity index (χ3v) is 2.80. The second-order valence-corrected chi connectivity index (χ2v) is 5.07. The Labute approximate surface area is 117 Å². The number of rotatable bonds is 4. The lowest BCUT2D eigenvalue weighted by Gasteiger charge is -2.18. The van der Waals surface area contributed by atoms with Crippen LogP contribution in [0.15, 0.2) is 24.3 Å². The molecule has 0 aliphatic carbocycles. The van der Waals surface area contributed by atoms with Gasteiger partial charge in [-0.1, -0.05) is 12.1 Å². The minimum Gasteiger partial charge on any atom is -0.324 e. The van der Waals surface area contributed by atoms with Gasteiger partial charge in [0.1, 0.15) is 0 Å². The highest BCUT2D eigenvalue weighted by molar-refractivity contribution is 5.97. The number of nitrogens with two attached hydrogens (primary N) is 1. The highest BCUT2D eigenvalue weighted by atomic mass is 16.2. The fraction of sp³-hybridized carbons (Fsp3) is 0.385. The molecular formula is C13H18N6O. The molecule has 7 heteroatoms. The van der Waals surface area contributed by atoms with Crippen LogP contribution in [0.5, 0.6) is 0 Å². The van der Waals surface area contributed by atoms with Crippen LogP contribution in [0.4, 0.5) is 5.69 Å². The summed E-state index contributed by atoms with van der Waals surface area (Å²) in [6.45, 7) is 5.95. The monoisotopic (exact) mass is 274 g/mol. The van der Waals surface area contributed by atoms with Crippen molar-refractivity contribution in [1.82, 2.24) is 20.2 Å². The SMILES string of the molecule is CCn1nnnc1-c1cccc(NC(=O)C(C)(C)N)c1. The number of nitrogens with zero attached hydrogens (tertiary/aromatic N) is 4. The first-order valence-electron chi connectivity index (χ1n) is 6.38. The van der Waals surface area contributed by atoms with Crippen LogP contribution >= 0.6 is 0 Å². The van der Waals surface area contributed by atoms with E-state index < -0.39 is 5.54 Å². The Hall–Kier alpha value is -2.28. The number of benzene rings is 1. The first kappa shape index (κ1) is 14.1. The van der Waals surface area contributed by atoms with E-state index in [0.29, 0.717) is 18.1 Å². The number of tetrazole rings is 1. The quantitative estimate of drug-likeness (QED) is 0.867. The van der Waals surface area contributed by atoms with E-state index in [-0.39, 0.29) is 5.91 Å². The van der Waals surface area contributed by atoms with Crippen molar-refractivity contribution < 1.29 is 4.79 Å². The third-order valence-electron chi connectivity index (χ3n) is 2.80. The summed E-state index contributed by atoms with van der Waals surface area (Å²) < 4.78 is 1.69. The maximum absolute atomic E-state index is 11.9. The lowest BCUT2D eigenvalue weighted by Crippen LogP contribution is -2.45. The zero-order valence-corrected chi connectivity index (χ0v) is 11.8. The number of aromatic nitrogens is 4. The first-order valence-corrected chi connectivity index (χ1v) is 6.38. The fourth-order valence-electron chi connectivity index (χ4n) is 1.65. The molecule has 2 aromatic rings. The molecule has 1 heterocycles. The molecule has 20 heavy (non-hydrogen) atoms. The van der Waals surface area contributed by atoms with Gasteiger partial charge < -0.3 is 11.1 Å². The van der Waals surface area contributed by atoms with Crippen molar-refractivity contribution in [3.63, 3.8) is 0 Å². The van der Waals surface area contributed by atoms with Crippen molar-refractivity contribution in [2.45, 2.75) is 32.9 Å². The molecule has 0 radical (unpaired) electrons. The second-order valence-electron chi connectivity index (χ2n) is 5.07. The van der Waals surface area contributed by atoms with E-state index >= 15 is 0 Å². The maximum atomic E-state index is 11.9. The van der Waals surface area contributed by atoms with Gasteiger partial charge in [-0.25, -0.2) is 4.68 Å². The number of amides is 1. The molecule has 1 aromatic carbocycles. The van der Waals surface area contributed by atoms with Crippen molar-refractivity contribution in [2.75, 3.05) is 5.32 Å². The normalized spacial score (nSPS) is 11.4. The zero-order chi connectivity index (χ0) is 14.8. The Morgan fingerprint density at radius 3 is 2.85 bits per heavy atom. The number of anilines is 1. The number of carbonyl (C=O) groups excluding carboxylic acids is 1. The van der Waals surface area contributed by atoms with Crippen LogP contribution in [-0.4, -0.2) is 31.7 Å². The average Bonchev–Trinajstić information content (AvgIpc) is 2.86. The fourth-order valence-corrected chi connectivity index (χ4v) is 1.65. The molecule has 1 aromatic heterocycles. The topological polar surface area (TPSA) is 98.7 Å². The lowest BCUT2D eigenvalue weighted by molar-refractivity contribution is -0.120. The van der Waals surface area contributed by atoms with Gasteiger partial charge in [0.15, 0.2) is 5.82 Å². The molecular weight excluding hydrogens is 256 g/mol. The molecule has 7 nitrogen and oxygen atoms in total. The smallest absolute Gasteiger partial charge is 0.243 e. The summed E-state index contributed by atoms with van der Waals surface area (Å²) in [6.07, 6.45) is 0. The zero-order valence-electron chi connectivity index (χ0n) is 11.8. The van der Waals surface area contributed by atoms with Gasteiger partial charge in [-0.05, 0) is 43.3 Å². The third kappa shape index (κ3) is 3.00. The number of nitrogens with one attached hydrogen (secondary N) is 1. The molecule has 0 saturated carbocycles. The number of hydrogen-bond acceptors (Lipinski definition) is 5. The molecule has 3 N–H and O–H groups in total. The van der Waals surface area contributed by atoms with Crippen LogP contribution in [-0.2, 0) is 11.3 Å². The van der Waals surface area contributed by atoms with Gasteiger partial charge in [0, 0.05) is 17.8 Å². The van der Waals surface area contributed by atoms with Crippen molar-refractivity contribution in [3.8, 4) is 11.4 Å². The highest BCUT2D eigenvalue weighted by Crippen LogP contribution is 2.20. The van der Waals surface area contributed by atoms with Gasteiger partial charge in [-0.3, -0.25) is 4.79 Å². The second kappa shape index (κ2) is 5.38. The van der Waals surface area contributed by atoms with Crippen molar-refractivity contribution in [2.24, 2.45) is 5.73 Å². The number of hydrogen-bond donors (Lipinski definition) is 2. The van der Waals surface area contributed by atoms with E-state index in [1.165, 1.54) is 0 Å². The highest BCUT2D eigenvalue weighted by Gasteiger charge is 2.22. The van der Waals surface area contributed by atoms with Gasteiger partial charge >= 0.3 is 0 Å². The Morgan fingerprint density at radius 1 is 1.45 bits per heavy atom. The van der Waals surface area contributed by atoms with Crippen LogP contribution in [0.1, 0.15) is 20.8 Å². The van der Waals surface area contributed by atoms with Crippen LogP contribution in [0.25, 0.3) is 11.4 Å². The Morgan fingerprint density at radius 2 is 2.20 bits per heavy atom. The van der Waals surface area contributed by atoms with Crippen LogP contribution in [0.3, 0.4) is 0 Å². The molecule has 0 unspecified atom stereocenters. The largest absolute Gasteiger partial charge is 0.324 e. The minimum absolute atomic E-state index is 0.246. The molecule has 0 aliphatic rings. The Kier molecular flexibility index (Phi) is 3.80. The standard InChI is InChI=1S/C13H18N6O/c1-4-19-11(16-17-18-19)9-6-5-7-10(8-9)15-12(20)13(2,3)14/h5-8H,4,14H2,1-3H3,(H,15,20). The maximum Gasteiger partial charge on any atom is 0.243 e. The van der Waals surface area contributed by atoms with Gasteiger partial charge in [0.2, 0.25) is 5.91 Å². The predicted molar refractivity (Wildman–Crippen MR) is 75.8 cm³/mol. The molecule has 0 bridgehead atoms. The Bertz CT molecular complexity index is 613. The van der Waals surface area contributed by atoms with Crippen molar-refractivity contribution in [1.29, 1.82) is 0 Å². The predicted octanol–water partition coefficient (Wildman–Crippen LogP) is 1.04. The molecule has 0 aliphatic heterocycles. The van der Waals surface area contributed by atoms with Gasteiger partial charge in [0.05, 0.1) is 5.54 Å². The molecule has 2 rings (SSSR count). The summed E-state index contributed by atoms with van der Waals surface area (Å²) in [7, 11) is 0. The summed E-state index contributed by atoms with van der Waals surface area (Å²) in [5, 5.41) is 14.3. The molecule has 0 spiro atoms. The average molecular weight is 274 g/mol. The summed E-state index contributed by atoms with van der Waals surface area (Å²) in [5.41, 5.74) is 6.33. The van der Waals surface area contributed by atoms with Gasteiger partial charge in [0.25, 0.3) is 0 Å². The van der Waals surface area contributed by atoms with Gasteiger partial charge in [-0.15, -0.1) is 5.10 Å². The van der Waals surface area contributed by atoms with Crippen LogP contribution in [0.2, 0.25) is 0 Å². The summed E-state index contributed by atoms with van der Waals surface area (Å²) in [4.78, 5) is 11.9. The van der Waals surface area contributed by atoms with E-state index in [2.05, 4.69) is 20.8 Å².